The van der Waals surface area contributed by atoms with Crippen LogP contribution in [0.15, 0.2) is 0 Å². The lowest BCUT2D eigenvalue weighted by Gasteiger charge is -2.30. The van der Waals surface area contributed by atoms with Crippen molar-refractivity contribution in [1.82, 2.24) is 5.32 Å². The van der Waals surface area contributed by atoms with Gasteiger partial charge in [0.05, 0.1) is 27.2 Å². The Labute approximate surface area is 257 Å². The Morgan fingerprint density at radius 1 is 0.462 bits per heavy atom. The summed E-state index contributed by atoms with van der Waals surface area (Å²) in [4.78, 5) is 12.2. The highest BCUT2D eigenvalue weighted by Crippen LogP contribution is 2.14. The first-order chi connectivity index (χ1) is 18.5. The van der Waals surface area contributed by atoms with Crippen LogP contribution in [-0.4, -0.2) is 44.1 Å². The van der Waals surface area contributed by atoms with Gasteiger partial charge in [-0.3, -0.25) is 4.79 Å². The van der Waals surface area contributed by atoms with E-state index in [0.29, 0.717) is 0 Å². The van der Waals surface area contributed by atoms with E-state index in [9.17, 15) is 4.79 Å². The van der Waals surface area contributed by atoms with Crippen LogP contribution in [0.1, 0.15) is 187 Å². The molecule has 0 rings (SSSR count). The Kier molecular flexibility index (Phi) is 34.1. The third-order valence-electron chi connectivity index (χ3n) is 8.39. The highest BCUT2D eigenvalue weighted by molar-refractivity contribution is 5.75. The summed E-state index contributed by atoms with van der Waals surface area (Å²) in [6.07, 6.45) is 36.4. The van der Waals surface area contributed by atoms with Gasteiger partial charge in [0, 0.05) is 19.4 Å². The smallest absolute Gasteiger partial charge is 0.219 e. The lowest BCUT2D eigenvalue weighted by atomic mass is 10.0. The SMILES string of the molecule is CCCCCCCCCCCCCCCCCC(=O)NCCC[N+](C)(C)CCCCCCCCCCCC.[Br-]. The zero-order valence-electron chi connectivity index (χ0n) is 27.4. The molecule has 0 radical (unpaired) electrons. The van der Waals surface area contributed by atoms with Gasteiger partial charge in [-0.05, 0) is 19.3 Å². The zero-order valence-corrected chi connectivity index (χ0v) is 29.0. The quantitative estimate of drug-likeness (QED) is 0.0626. The van der Waals surface area contributed by atoms with Crippen LogP contribution in [0.5, 0.6) is 0 Å². The van der Waals surface area contributed by atoms with E-state index in [-0.39, 0.29) is 22.9 Å². The molecule has 1 N–H and O–H groups in total. The molecular formula is C35H73BrN2O. The number of halogens is 1. The zero-order chi connectivity index (χ0) is 28.0. The van der Waals surface area contributed by atoms with Crippen LogP contribution in [0.2, 0.25) is 0 Å². The maximum atomic E-state index is 12.2. The second-order valence-corrected chi connectivity index (χ2v) is 13.0. The van der Waals surface area contributed by atoms with E-state index in [1.807, 2.05) is 0 Å². The number of quaternary nitrogens is 1. The minimum Gasteiger partial charge on any atom is -1.00 e. The molecule has 0 aromatic rings. The number of amides is 1. The molecule has 0 aromatic carbocycles. The van der Waals surface area contributed by atoms with Gasteiger partial charge in [-0.2, -0.15) is 0 Å². The molecule has 3 nitrogen and oxygen atoms in total. The first-order valence-corrected chi connectivity index (χ1v) is 17.6. The van der Waals surface area contributed by atoms with E-state index >= 15 is 0 Å². The Morgan fingerprint density at radius 3 is 1.15 bits per heavy atom. The highest BCUT2D eigenvalue weighted by atomic mass is 79.9. The Bertz CT molecular complexity index is 483. The largest absolute Gasteiger partial charge is 1.00 e. The van der Waals surface area contributed by atoms with Gasteiger partial charge >= 0.3 is 0 Å². The minimum atomic E-state index is 0. The predicted octanol–water partition coefficient (Wildman–Crippen LogP) is 7.76. The molecule has 0 aliphatic rings. The molecular weight excluding hydrogens is 544 g/mol. The van der Waals surface area contributed by atoms with Crippen LogP contribution < -0.4 is 22.3 Å². The summed E-state index contributed by atoms with van der Waals surface area (Å²) in [6, 6.07) is 0. The molecule has 0 fully saturated rings. The molecule has 0 saturated heterocycles. The van der Waals surface area contributed by atoms with Gasteiger partial charge in [-0.1, -0.05) is 155 Å². The molecule has 0 saturated carbocycles. The summed E-state index contributed by atoms with van der Waals surface area (Å²) < 4.78 is 1.09. The molecule has 0 aromatic heterocycles. The molecule has 4 heteroatoms. The number of nitrogens with zero attached hydrogens (tertiary/aromatic N) is 1. The second-order valence-electron chi connectivity index (χ2n) is 13.0. The molecule has 0 spiro atoms. The maximum absolute atomic E-state index is 12.2. The first-order valence-electron chi connectivity index (χ1n) is 17.6. The molecule has 0 unspecified atom stereocenters. The second kappa shape index (κ2) is 32.4. The Morgan fingerprint density at radius 2 is 0.769 bits per heavy atom. The van der Waals surface area contributed by atoms with Crippen molar-refractivity contribution < 1.29 is 26.3 Å². The number of unbranched alkanes of at least 4 members (excludes halogenated alkanes) is 23. The fraction of sp³-hybridized carbons (Fsp3) is 0.971. The number of carbonyl (C=O) groups excluding carboxylic acids is 1. The van der Waals surface area contributed by atoms with Crippen molar-refractivity contribution in [1.29, 1.82) is 0 Å². The van der Waals surface area contributed by atoms with Crippen LogP contribution in [0.3, 0.4) is 0 Å². The van der Waals surface area contributed by atoms with Gasteiger partial charge in [-0.25, -0.2) is 0 Å². The Hall–Kier alpha value is -0.0900. The normalized spacial score (nSPS) is 11.5. The van der Waals surface area contributed by atoms with Gasteiger partial charge in [0.1, 0.15) is 0 Å². The summed E-state index contributed by atoms with van der Waals surface area (Å²) in [5.41, 5.74) is 0. The standard InChI is InChI=1S/C35H72N2O.BrH/c1-5-7-9-11-13-15-17-18-19-20-21-22-24-26-28-31-35(38)36-32-30-34-37(3,4)33-29-27-25-23-16-14-12-10-8-6-2;/h5-34H2,1-4H3;1H. The molecule has 236 valence electrons. The summed E-state index contributed by atoms with van der Waals surface area (Å²) in [5, 5.41) is 3.16. The predicted molar refractivity (Wildman–Crippen MR) is 171 cm³/mol. The molecule has 0 bridgehead atoms. The monoisotopic (exact) mass is 616 g/mol. The van der Waals surface area contributed by atoms with Gasteiger partial charge in [0.25, 0.3) is 0 Å². The minimum absolute atomic E-state index is 0. The lowest BCUT2D eigenvalue weighted by Crippen LogP contribution is -3.00. The average Bonchev–Trinajstić information content (AvgIpc) is 2.90. The van der Waals surface area contributed by atoms with Crippen LogP contribution in [0.4, 0.5) is 0 Å². The van der Waals surface area contributed by atoms with E-state index in [2.05, 4.69) is 33.3 Å². The third kappa shape index (κ3) is 34.0. The van der Waals surface area contributed by atoms with Gasteiger partial charge < -0.3 is 26.8 Å². The van der Waals surface area contributed by atoms with Crippen molar-refractivity contribution in [2.24, 2.45) is 0 Å². The van der Waals surface area contributed by atoms with Crippen molar-refractivity contribution in [2.45, 2.75) is 187 Å². The van der Waals surface area contributed by atoms with Gasteiger partial charge in [-0.15, -0.1) is 0 Å². The topological polar surface area (TPSA) is 29.1 Å². The average molecular weight is 618 g/mol. The Balaban J connectivity index is 0. The molecule has 0 aliphatic heterocycles. The fourth-order valence-electron chi connectivity index (χ4n) is 5.62. The third-order valence-corrected chi connectivity index (χ3v) is 8.39. The summed E-state index contributed by atoms with van der Waals surface area (Å²) in [6.45, 7) is 7.86. The summed E-state index contributed by atoms with van der Waals surface area (Å²) in [7, 11) is 4.70. The highest BCUT2D eigenvalue weighted by Gasteiger charge is 2.14. The fourth-order valence-corrected chi connectivity index (χ4v) is 5.62. The van der Waals surface area contributed by atoms with Crippen LogP contribution in [-0.2, 0) is 4.79 Å². The van der Waals surface area contributed by atoms with Crippen molar-refractivity contribution in [3.05, 3.63) is 0 Å². The van der Waals surface area contributed by atoms with Gasteiger partial charge in [0.2, 0.25) is 5.91 Å². The number of hydrogen-bond acceptors (Lipinski definition) is 1. The molecule has 0 atom stereocenters. The van der Waals surface area contributed by atoms with Crippen molar-refractivity contribution in [2.75, 3.05) is 33.7 Å². The van der Waals surface area contributed by atoms with E-state index in [1.165, 1.54) is 161 Å². The van der Waals surface area contributed by atoms with Crippen LogP contribution >= 0.6 is 0 Å². The maximum Gasteiger partial charge on any atom is 0.219 e. The van der Waals surface area contributed by atoms with Crippen molar-refractivity contribution >= 4 is 5.91 Å². The number of carbonyl (C=O) groups is 1. The number of nitrogens with one attached hydrogen (secondary N) is 1. The van der Waals surface area contributed by atoms with E-state index in [4.69, 9.17) is 0 Å². The first kappa shape index (κ1) is 41.0. The van der Waals surface area contributed by atoms with Gasteiger partial charge in [0.15, 0.2) is 0 Å². The lowest BCUT2D eigenvalue weighted by molar-refractivity contribution is -0.890. The molecule has 0 aliphatic carbocycles. The summed E-state index contributed by atoms with van der Waals surface area (Å²) >= 11 is 0. The molecule has 0 heterocycles. The molecule has 1 amide bonds. The van der Waals surface area contributed by atoms with E-state index in [0.717, 1.165) is 36.8 Å². The number of hydrogen-bond donors (Lipinski definition) is 1. The van der Waals surface area contributed by atoms with Crippen LogP contribution in [0.25, 0.3) is 0 Å². The molecule has 39 heavy (non-hydrogen) atoms. The van der Waals surface area contributed by atoms with Crippen molar-refractivity contribution in [3.8, 4) is 0 Å². The van der Waals surface area contributed by atoms with Crippen LogP contribution in [0, 0.1) is 0 Å². The number of rotatable bonds is 31. The van der Waals surface area contributed by atoms with E-state index < -0.39 is 0 Å². The van der Waals surface area contributed by atoms with Crippen molar-refractivity contribution in [3.63, 3.8) is 0 Å². The summed E-state index contributed by atoms with van der Waals surface area (Å²) in [5.74, 6) is 0.264. The van der Waals surface area contributed by atoms with E-state index in [1.54, 1.807) is 0 Å².